The Bertz CT molecular complexity index is 1120. The Balaban J connectivity index is 1.09. The zero-order valence-corrected chi connectivity index (χ0v) is 21.3. The number of carbonyl (C=O) groups is 1. The highest BCUT2D eigenvalue weighted by Crippen LogP contribution is 2.33. The van der Waals surface area contributed by atoms with Crippen molar-refractivity contribution >= 4 is 32.8 Å². The molecule has 1 amide bonds. The summed E-state index contributed by atoms with van der Waals surface area (Å²) in [6, 6.07) is 2.33. The van der Waals surface area contributed by atoms with E-state index in [-0.39, 0.29) is 30.3 Å². The Hall–Kier alpha value is -2.24. The molecule has 2 aromatic heterocycles. The summed E-state index contributed by atoms with van der Waals surface area (Å²) < 4.78 is 33.6. The maximum absolute atomic E-state index is 13.1. The molecule has 0 spiro atoms. The molecule has 0 unspecified atom stereocenters. The highest BCUT2D eigenvalue weighted by atomic mass is 32.2. The van der Waals surface area contributed by atoms with Crippen LogP contribution in [0.15, 0.2) is 18.6 Å². The molecule has 1 aliphatic carbocycles. The largest absolute Gasteiger partial charge is 0.367 e. The zero-order valence-electron chi connectivity index (χ0n) is 20.4. The van der Waals surface area contributed by atoms with E-state index < -0.39 is 10.0 Å². The number of aromatic nitrogens is 3. The fraction of sp³-hybridized carbons (Fsp3) is 0.708. The summed E-state index contributed by atoms with van der Waals surface area (Å²) >= 11 is 0. The molecule has 2 saturated heterocycles. The molecule has 0 radical (unpaired) electrons. The van der Waals surface area contributed by atoms with E-state index in [1.54, 1.807) is 10.6 Å². The van der Waals surface area contributed by atoms with Gasteiger partial charge in [0.15, 0.2) is 0 Å². The van der Waals surface area contributed by atoms with Gasteiger partial charge in [0, 0.05) is 45.5 Å². The van der Waals surface area contributed by atoms with E-state index in [1.165, 1.54) is 0 Å². The lowest BCUT2D eigenvalue weighted by molar-refractivity contribution is -0.136. The van der Waals surface area contributed by atoms with Gasteiger partial charge in [-0.15, -0.1) is 0 Å². The number of ether oxygens (including phenoxy) is 1. The molecule has 1 saturated carbocycles. The fourth-order valence-electron chi connectivity index (χ4n) is 5.75. The summed E-state index contributed by atoms with van der Waals surface area (Å²) in [4.78, 5) is 28.2. The molecule has 4 heterocycles. The molecule has 0 bridgehead atoms. The molecule has 5 rings (SSSR count). The average molecular weight is 505 g/mol. The number of sulfonamides is 1. The summed E-state index contributed by atoms with van der Waals surface area (Å²) in [5.74, 6) is 1.29. The second-order valence-electron chi connectivity index (χ2n) is 10.2. The number of anilines is 1. The number of likely N-dealkylation sites (tertiary alicyclic amines) is 1. The number of amides is 1. The van der Waals surface area contributed by atoms with Crippen molar-refractivity contribution in [2.75, 3.05) is 50.5 Å². The summed E-state index contributed by atoms with van der Waals surface area (Å²) in [7, 11) is -1.27. The molecule has 0 aromatic carbocycles. The van der Waals surface area contributed by atoms with Crippen molar-refractivity contribution in [2.24, 2.45) is 5.92 Å². The first-order valence-corrected chi connectivity index (χ1v) is 14.4. The van der Waals surface area contributed by atoms with Crippen LogP contribution in [0.2, 0.25) is 0 Å². The van der Waals surface area contributed by atoms with Gasteiger partial charge in [0.05, 0.1) is 17.2 Å². The zero-order chi connectivity index (χ0) is 24.4. The topological polar surface area (TPSA) is 112 Å². The first-order chi connectivity index (χ1) is 16.9. The Kier molecular flexibility index (Phi) is 7.26. The molecular formula is C24H36N6O4S. The molecule has 3 aliphatic rings. The van der Waals surface area contributed by atoms with E-state index in [4.69, 9.17) is 4.74 Å². The smallest absolute Gasteiger partial charge is 0.248 e. The van der Waals surface area contributed by atoms with Gasteiger partial charge in [0.1, 0.15) is 24.4 Å². The van der Waals surface area contributed by atoms with Gasteiger partial charge in [-0.25, -0.2) is 18.4 Å². The van der Waals surface area contributed by atoms with Crippen molar-refractivity contribution < 1.29 is 17.9 Å². The molecule has 10 nitrogen and oxygen atoms in total. The fourth-order valence-corrected chi connectivity index (χ4v) is 7.66. The number of hydrogen-bond donors (Lipinski definition) is 1. The minimum Gasteiger partial charge on any atom is -0.367 e. The molecule has 2 aliphatic heterocycles. The average Bonchev–Trinajstić information content (AvgIpc) is 3.63. The van der Waals surface area contributed by atoms with Gasteiger partial charge in [0.25, 0.3) is 0 Å². The van der Waals surface area contributed by atoms with Crippen LogP contribution in [0.1, 0.15) is 44.9 Å². The maximum atomic E-state index is 13.1. The summed E-state index contributed by atoms with van der Waals surface area (Å²) in [6.45, 7) is 2.50. The van der Waals surface area contributed by atoms with Gasteiger partial charge < -0.3 is 19.5 Å². The number of rotatable bonds is 8. The van der Waals surface area contributed by atoms with Crippen molar-refractivity contribution in [1.82, 2.24) is 24.2 Å². The Morgan fingerprint density at radius 1 is 1.14 bits per heavy atom. The van der Waals surface area contributed by atoms with Gasteiger partial charge in [-0.2, -0.15) is 4.31 Å². The van der Waals surface area contributed by atoms with Crippen molar-refractivity contribution in [3.63, 3.8) is 0 Å². The van der Waals surface area contributed by atoms with E-state index in [2.05, 4.69) is 26.9 Å². The van der Waals surface area contributed by atoms with E-state index in [9.17, 15) is 13.2 Å². The Labute approximate surface area is 207 Å². The lowest BCUT2D eigenvalue weighted by Gasteiger charge is -2.35. The van der Waals surface area contributed by atoms with Crippen LogP contribution in [0.25, 0.3) is 11.0 Å². The minimum atomic E-state index is -3.34. The molecule has 11 heteroatoms. The second kappa shape index (κ2) is 10.4. The third-order valence-electron chi connectivity index (χ3n) is 7.88. The van der Waals surface area contributed by atoms with Crippen LogP contribution in [-0.4, -0.2) is 96.2 Å². The maximum Gasteiger partial charge on any atom is 0.248 e. The standard InChI is InChI=1S/C24H36N6O4S/c1-28(24-21-8-10-25-23(21)26-17-27-24)19-6-4-18(5-7-19)16-35(32,33)30-13-9-20(14-30)34-15-22(31)29-11-2-3-12-29/h8,10,17-20H,2-7,9,11-16H2,1H3,(H,25,26,27)/t18?,19?,20-/m0/s1. The number of H-pyrrole nitrogens is 1. The monoisotopic (exact) mass is 504 g/mol. The Morgan fingerprint density at radius 3 is 2.69 bits per heavy atom. The van der Waals surface area contributed by atoms with E-state index in [0.29, 0.717) is 25.6 Å². The summed E-state index contributed by atoms with van der Waals surface area (Å²) in [6.07, 6.45) is 9.66. The van der Waals surface area contributed by atoms with Crippen molar-refractivity contribution in [3.8, 4) is 0 Å². The molecule has 3 fully saturated rings. The molecule has 2 aromatic rings. The number of hydrogen-bond acceptors (Lipinski definition) is 7. The van der Waals surface area contributed by atoms with E-state index >= 15 is 0 Å². The molecular weight excluding hydrogens is 468 g/mol. The first-order valence-electron chi connectivity index (χ1n) is 12.8. The van der Waals surface area contributed by atoms with Crippen LogP contribution in [0.5, 0.6) is 0 Å². The normalized spacial score (nSPS) is 26.0. The van der Waals surface area contributed by atoms with Crippen LogP contribution in [-0.2, 0) is 19.6 Å². The second-order valence-corrected chi connectivity index (χ2v) is 12.2. The summed E-state index contributed by atoms with van der Waals surface area (Å²) in [5.41, 5.74) is 0.829. The number of nitrogens with one attached hydrogen (secondary N) is 1. The summed E-state index contributed by atoms with van der Waals surface area (Å²) in [5, 5.41) is 1.01. The SMILES string of the molecule is CN(c1ncnc2[nH]ccc12)C1CCC(CS(=O)(=O)N2CC[C@H](OCC(=O)N3CCCC3)C2)CC1. The van der Waals surface area contributed by atoms with Crippen molar-refractivity contribution in [2.45, 2.75) is 57.1 Å². The van der Waals surface area contributed by atoms with E-state index in [0.717, 1.165) is 68.5 Å². The van der Waals surface area contributed by atoms with Gasteiger partial charge in [-0.05, 0) is 56.9 Å². The number of nitrogens with zero attached hydrogens (tertiary/aromatic N) is 5. The number of aromatic amines is 1. The molecule has 35 heavy (non-hydrogen) atoms. The van der Waals surface area contributed by atoms with Crippen LogP contribution in [0, 0.1) is 5.92 Å². The predicted molar refractivity (Wildman–Crippen MR) is 134 cm³/mol. The molecule has 1 N–H and O–H groups in total. The molecule has 192 valence electrons. The van der Waals surface area contributed by atoms with E-state index in [1.807, 2.05) is 17.2 Å². The lowest BCUT2D eigenvalue weighted by Crippen LogP contribution is -2.39. The highest BCUT2D eigenvalue weighted by molar-refractivity contribution is 7.89. The third kappa shape index (κ3) is 5.46. The van der Waals surface area contributed by atoms with Crippen molar-refractivity contribution in [3.05, 3.63) is 18.6 Å². The lowest BCUT2D eigenvalue weighted by atomic mass is 9.86. The van der Waals surface area contributed by atoms with Crippen molar-refractivity contribution in [1.29, 1.82) is 0 Å². The van der Waals surface area contributed by atoms with Gasteiger partial charge >= 0.3 is 0 Å². The van der Waals surface area contributed by atoms with Crippen LogP contribution >= 0.6 is 0 Å². The molecule has 1 atom stereocenters. The Morgan fingerprint density at radius 2 is 1.91 bits per heavy atom. The predicted octanol–water partition coefficient (Wildman–Crippen LogP) is 2.00. The highest BCUT2D eigenvalue weighted by Gasteiger charge is 2.35. The number of carbonyl (C=O) groups excluding carboxylic acids is 1. The first kappa shape index (κ1) is 24.5. The van der Waals surface area contributed by atoms with Crippen LogP contribution in [0.3, 0.4) is 0 Å². The van der Waals surface area contributed by atoms with Gasteiger partial charge in [0.2, 0.25) is 15.9 Å². The number of fused-ring (bicyclic) bond motifs is 1. The van der Waals surface area contributed by atoms with Crippen LogP contribution < -0.4 is 4.90 Å². The van der Waals surface area contributed by atoms with Gasteiger partial charge in [-0.3, -0.25) is 4.79 Å². The van der Waals surface area contributed by atoms with Crippen LogP contribution in [0.4, 0.5) is 5.82 Å². The minimum absolute atomic E-state index is 0.0183. The third-order valence-corrected chi connectivity index (χ3v) is 9.89. The van der Waals surface area contributed by atoms with Gasteiger partial charge in [-0.1, -0.05) is 0 Å². The quantitative estimate of drug-likeness (QED) is 0.585.